The summed E-state index contributed by atoms with van der Waals surface area (Å²) in [5.74, 6) is 0.388. The summed E-state index contributed by atoms with van der Waals surface area (Å²) in [6, 6.07) is 2.29. The summed E-state index contributed by atoms with van der Waals surface area (Å²) in [5.41, 5.74) is 0.644. The van der Waals surface area contributed by atoms with Crippen molar-refractivity contribution in [1.29, 1.82) is 0 Å². The lowest BCUT2D eigenvalue weighted by molar-refractivity contribution is -0.121. The summed E-state index contributed by atoms with van der Waals surface area (Å²) < 4.78 is 0. The normalized spacial score (nSPS) is 21.4. The third kappa shape index (κ3) is 3.44. The lowest BCUT2D eigenvalue weighted by Crippen LogP contribution is -2.49. The molecule has 2 fully saturated rings. The standard InChI is InChI=1S/C16H21N5O2S/c1-11(2)20-6-8-21(9-7-20)15-17-5-4-12(18-15)10-13-14(22)19(3)16(23)24-13/h4-5,10-11H,6-9H2,1-3H3. The van der Waals surface area contributed by atoms with Crippen molar-refractivity contribution in [3.8, 4) is 0 Å². The van der Waals surface area contributed by atoms with Gasteiger partial charge in [0.25, 0.3) is 11.1 Å². The molecule has 0 radical (unpaired) electrons. The maximum absolute atomic E-state index is 12.0. The highest BCUT2D eigenvalue weighted by atomic mass is 32.2. The third-order valence-electron chi connectivity index (χ3n) is 4.26. The molecule has 2 amide bonds. The van der Waals surface area contributed by atoms with Crippen LogP contribution in [0.2, 0.25) is 0 Å². The number of aromatic nitrogens is 2. The van der Waals surface area contributed by atoms with Crippen LogP contribution in [0.5, 0.6) is 0 Å². The molecule has 0 spiro atoms. The Labute approximate surface area is 145 Å². The molecule has 1 aromatic heterocycles. The molecular formula is C16H21N5O2S. The molecule has 3 heterocycles. The fraction of sp³-hybridized carbons (Fsp3) is 0.500. The van der Waals surface area contributed by atoms with E-state index in [1.165, 1.54) is 7.05 Å². The molecule has 3 rings (SSSR count). The lowest BCUT2D eigenvalue weighted by Gasteiger charge is -2.36. The van der Waals surface area contributed by atoms with Crippen molar-refractivity contribution < 1.29 is 9.59 Å². The minimum atomic E-state index is -0.282. The van der Waals surface area contributed by atoms with Gasteiger partial charge in [-0.05, 0) is 37.8 Å². The van der Waals surface area contributed by atoms with Gasteiger partial charge < -0.3 is 4.90 Å². The summed E-state index contributed by atoms with van der Waals surface area (Å²) in [6.45, 7) is 8.14. The van der Waals surface area contributed by atoms with Crippen LogP contribution in [0.3, 0.4) is 0 Å². The number of carbonyl (C=O) groups excluding carboxylic acids is 2. The van der Waals surface area contributed by atoms with Gasteiger partial charge in [0.15, 0.2) is 0 Å². The Morgan fingerprint density at radius 3 is 2.50 bits per heavy atom. The van der Waals surface area contributed by atoms with Gasteiger partial charge in [-0.2, -0.15) is 0 Å². The molecule has 24 heavy (non-hydrogen) atoms. The first-order chi connectivity index (χ1) is 11.5. The first kappa shape index (κ1) is 16.9. The zero-order valence-corrected chi connectivity index (χ0v) is 14.9. The second-order valence-electron chi connectivity index (χ2n) is 6.14. The highest BCUT2D eigenvalue weighted by Crippen LogP contribution is 2.30. The average Bonchev–Trinajstić information content (AvgIpc) is 2.82. The van der Waals surface area contributed by atoms with Crippen molar-refractivity contribution in [2.24, 2.45) is 0 Å². The zero-order valence-electron chi connectivity index (χ0n) is 14.1. The second kappa shape index (κ2) is 6.90. The second-order valence-corrected chi connectivity index (χ2v) is 7.13. The smallest absolute Gasteiger partial charge is 0.293 e. The number of hydrogen-bond donors (Lipinski definition) is 0. The molecule has 128 valence electrons. The molecule has 8 heteroatoms. The molecule has 0 N–H and O–H groups in total. The number of likely N-dealkylation sites (N-methyl/N-ethyl adjacent to an activating group) is 1. The molecule has 2 aliphatic heterocycles. The summed E-state index contributed by atoms with van der Waals surface area (Å²) >= 11 is 0.939. The topological polar surface area (TPSA) is 69.6 Å². The van der Waals surface area contributed by atoms with E-state index in [0.29, 0.717) is 22.6 Å². The SMILES string of the molecule is CC(C)N1CCN(c2nccc(C=C3SC(=O)N(C)C3=O)n2)CC1. The van der Waals surface area contributed by atoms with Crippen LogP contribution in [0.25, 0.3) is 6.08 Å². The highest BCUT2D eigenvalue weighted by Gasteiger charge is 2.32. The molecule has 2 saturated heterocycles. The van der Waals surface area contributed by atoms with Gasteiger partial charge in [0.2, 0.25) is 5.95 Å². The molecule has 0 saturated carbocycles. The fourth-order valence-electron chi connectivity index (χ4n) is 2.71. The van der Waals surface area contributed by atoms with E-state index < -0.39 is 0 Å². The monoisotopic (exact) mass is 347 g/mol. The van der Waals surface area contributed by atoms with Gasteiger partial charge >= 0.3 is 0 Å². The van der Waals surface area contributed by atoms with Crippen molar-refractivity contribution >= 4 is 34.9 Å². The molecule has 7 nitrogen and oxygen atoms in total. The Bertz CT molecular complexity index is 683. The predicted molar refractivity (Wildman–Crippen MR) is 94.7 cm³/mol. The average molecular weight is 347 g/mol. The van der Waals surface area contributed by atoms with Gasteiger partial charge in [0, 0.05) is 45.5 Å². The fourth-order valence-corrected chi connectivity index (χ4v) is 3.52. The number of amides is 2. The van der Waals surface area contributed by atoms with E-state index in [-0.39, 0.29) is 11.1 Å². The number of anilines is 1. The quantitative estimate of drug-likeness (QED) is 0.770. The van der Waals surface area contributed by atoms with Gasteiger partial charge in [-0.3, -0.25) is 19.4 Å². The van der Waals surface area contributed by atoms with E-state index in [1.807, 2.05) is 0 Å². The van der Waals surface area contributed by atoms with Crippen molar-refractivity contribution in [3.63, 3.8) is 0 Å². The van der Waals surface area contributed by atoms with Crippen molar-refractivity contribution in [1.82, 2.24) is 19.8 Å². The Morgan fingerprint density at radius 1 is 1.21 bits per heavy atom. The van der Waals surface area contributed by atoms with E-state index in [4.69, 9.17) is 0 Å². The van der Waals surface area contributed by atoms with Crippen molar-refractivity contribution in [2.45, 2.75) is 19.9 Å². The van der Waals surface area contributed by atoms with Crippen LogP contribution in [0, 0.1) is 0 Å². The summed E-state index contributed by atoms with van der Waals surface area (Å²) in [5, 5.41) is -0.259. The van der Waals surface area contributed by atoms with Gasteiger partial charge in [0.05, 0.1) is 10.6 Å². The van der Waals surface area contributed by atoms with Crippen LogP contribution >= 0.6 is 11.8 Å². The maximum Gasteiger partial charge on any atom is 0.293 e. The minimum absolute atomic E-state index is 0.259. The Hall–Kier alpha value is -1.93. The predicted octanol–water partition coefficient (Wildman–Crippen LogP) is 1.67. The number of carbonyl (C=O) groups is 2. The molecule has 0 bridgehead atoms. The van der Waals surface area contributed by atoms with Crippen molar-refractivity contribution in [3.05, 3.63) is 22.9 Å². The van der Waals surface area contributed by atoms with Crippen LogP contribution < -0.4 is 4.90 Å². The van der Waals surface area contributed by atoms with Gasteiger partial charge in [-0.1, -0.05) is 0 Å². The number of hydrogen-bond acceptors (Lipinski definition) is 7. The number of rotatable bonds is 3. The highest BCUT2D eigenvalue weighted by molar-refractivity contribution is 8.18. The Kier molecular flexibility index (Phi) is 4.86. The van der Waals surface area contributed by atoms with E-state index in [0.717, 1.165) is 42.8 Å². The van der Waals surface area contributed by atoms with E-state index >= 15 is 0 Å². The molecule has 0 unspecified atom stereocenters. The van der Waals surface area contributed by atoms with Crippen LogP contribution in [0.4, 0.5) is 10.7 Å². The van der Waals surface area contributed by atoms with E-state index in [9.17, 15) is 9.59 Å². The van der Waals surface area contributed by atoms with E-state index in [2.05, 4.69) is 33.6 Å². The van der Waals surface area contributed by atoms with Gasteiger partial charge in [-0.25, -0.2) is 9.97 Å². The maximum atomic E-state index is 12.0. The van der Waals surface area contributed by atoms with Crippen molar-refractivity contribution in [2.75, 3.05) is 38.1 Å². The Balaban J connectivity index is 1.74. The summed E-state index contributed by atoms with van der Waals surface area (Å²) in [7, 11) is 1.48. The number of thioether (sulfide) groups is 1. The van der Waals surface area contributed by atoms with Gasteiger partial charge in [0.1, 0.15) is 0 Å². The summed E-state index contributed by atoms with van der Waals surface area (Å²) in [4.78, 5) is 38.5. The zero-order chi connectivity index (χ0) is 17.3. The molecular weight excluding hydrogens is 326 g/mol. The molecule has 0 aliphatic carbocycles. The number of nitrogens with zero attached hydrogens (tertiary/aromatic N) is 5. The van der Waals surface area contributed by atoms with E-state index in [1.54, 1.807) is 18.3 Å². The third-order valence-corrected chi connectivity index (χ3v) is 5.22. The molecule has 0 atom stereocenters. The minimum Gasteiger partial charge on any atom is -0.338 e. The van der Waals surface area contributed by atoms with Crippen LogP contribution in [0.15, 0.2) is 17.2 Å². The summed E-state index contributed by atoms with van der Waals surface area (Å²) in [6.07, 6.45) is 3.35. The van der Waals surface area contributed by atoms with Crippen LogP contribution in [0.1, 0.15) is 19.5 Å². The first-order valence-corrected chi connectivity index (χ1v) is 8.81. The van der Waals surface area contributed by atoms with Gasteiger partial charge in [-0.15, -0.1) is 0 Å². The Morgan fingerprint density at radius 2 is 1.92 bits per heavy atom. The van der Waals surface area contributed by atoms with Crippen LogP contribution in [-0.2, 0) is 4.79 Å². The first-order valence-electron chi connectivity index (χ1n) is 7.99. The van der Waals surface area contributed by atoms with Crippen LogP contribution in [-0.4, -0.2) is 70.2 Å². The number of piperazine rings is 1. The molecule has 1 aromatic rings. The lowest BCUT2D eigenvalue weighted by atomic mass is 10.2. The molecule has 0 aromatic carbocycles. The molecule has 2 aliphatic rings. The largest absolute Gasteiger partial charge is 0.338 e. The number of imide groups is 1.